The first-order valence-electron chi connectivity index (χ1n) is 7.54. The van der Waals surface area contributed by atoms with E-state index in [1.807, 2.05) is 13.0 Å². The van der Waals surface area contributed by atoms with E-state index in [0.717, 1.165) is 11.3 Å². The second-order valence-electron chi connectivity index (χ2n) is 5.35. The lowest BCUT2D eigenvalue weighted by Gasteiger charge is -2.33. The molecule has 0 aliphatic carbocycles. The summed E-state index contributed by atoms with van der Waals surface area (Å²) >= 11 is 1.32. The first-order chi connectivity index (χ1) is 11.0. The van der Waals surface area contributed by atoms with Gasteiger partial charge >= 0.3 is 0 Å². The van der Waals surface area contributed by atoms with Crippen molar-refractivity contribution in [2.45, 2.75) is 17.6 Å². The average Bonchev–Trinajstić information content (AvgIpc) is 3.25. The van der Waals surface area contributed by atoms with Gasteiger partial charge in [0.1, 0.15) is 9.90 Å². The average molecular weight is 353 g/mol. The van der Waals surface area contributed by atoms with E-state index < -0.39 is 10.0 Å². The highest BCUT2D eigenvalue weighted by molar-refractivity contribution is 7.91. The molecule has 3 rings (SSSR count). The van der Waals surface area contributed by atoms with Gasteiger partial charge in [-0.05, 0) is 30.7 Å². The van der Waals surface area contributed by atoms with Crippen LogP contribution in [0.5, 0.6) is 0 Å². The standard InChI is InChI=1S/C15H19N3O3S2/c1-2-12-5-6-14(22-12)23(20,21)18-10-8-17(9-11-18)15(19)13-4-3-7-16-13/h3-7,16H,2,8-11H2,1H3. The number of amides is 1. The normalized spacial score (nSPS) is 16.7. The van der Waals surface area contributed by atoms with E-state index in [-0.39, 0.29) is 5.91 Å². The lowest BCUT2D eigenvalue weighted by molar-refractivity contribution is 0.0693. The molecule has 1 fully saturated rings. The number of hydrogen-bond acceptors (Lipinski definition) is 4. The summed E-state index contributed by atoms with van der Waals surface area (Å²) in [4.78, 5) is 17.9. The maximum absolute atomic E-state index is 12.6. The minimum Gasteiger partial charge on any atom is -0.357 e. The molecule has 1 N–H and O–H groups in total. The Balaban J connectivity index is 1.67. The highest BCUT2D eigenvalue weighted by atomic mass is 32.2. The molecule has 0 radical (unpaired) electrons. The molecule has 3 heterocycles. The fourth-order valence-electron chi connectivity index (χ4n) is 2.58. The van der Waals surface area contributed by atoms with Gasteiger partial charge in [-0.3, -0.25) is 4.79 Å². The number of sulfonamides is 1. The van der Waals surface area contributed by atoms with Crippen molar-refractivity contribution in [2.75, 3.05) is 26.2 Å². The quantitative estimate of drug-likeness (QED) is 0.911. The molecule has 23 heavy (non-hydrogen) atoms. The zero-order valence-electron chi connectivity index (χ0n) is 12.9. The molecule has 1 aliphatic heterocycles. The number of nitrogens with zero attached hydrogens (tertiary/aromatic N) is 2. The van der Waals surface area contributed by atoms with Crippen LogP contribution >= 0.6 is 11.3 Å². The number of aryl methyl sites for hydroxylation is 1. The van der Waals surface area contributed by atoms with Crippen molar-refractivity contribution in [2.24, 2.45) is 0 Å². The summed E-state index contributed by atoms with van der Waals surface area (Å²) in [6, 6.07) is 7.04. The molecule has 2 aromatic rings. The topological polar surface area (TPSA) is 73.5 Å². The van der Waals surface area contributed by atoms with Crippen LogP contribution in [0.2, 0.25) is 0 Å². The van der Waals surface area contributed by atoms with Gasteiger partial charge in [-0.15, -0.1) is 11.3 Å². The number of nitrogens with one attached hydrogen (secondary N) is 1. The monoisotopic (exact) mass is 353 g/mol. The third-order valence-corrected chi connectivity index (χ3v) is 7.53. The van der Waals surface area contributed by atoms with Gasteiger partial charge in [0, 0.05) is 37.3 Å². The van der Waals surface area contributed by atoms with E-state index in [4.69, 9.17) is 0 Å². The number of hydrogen-bond donors (Lipinski definition) is 1. The Hall–Kier alpha value is -1.64. The number of aromatic nitrogens is 1. The fourth-order valence-corrected chi connectivity index (χ4v) is 5.45. The number of thiophene rings is 1. The number of carbonyl (C=O) groups excluding carboxylic acids is 1. The van der Waals surface area contributed by atoms with Crippen LogP contribution in [0.1, 0.15) is 22.3 Å². The minimum absolute atomic E-state index is 0.0866. The number of piperazine rings is 1. The second-order valence-corrected chi connectivity index (χ2v) is 8.69. The first kappa shape index (κ1) is 16.2. The van der Waals surface area contributed by atoms with Crippen molar-refractivity contribution < 1.29 is 13.2 Å². The predicted molar refractivity (Wildman–Crippen MR) is 89.2 cm³/mol. The Morgan fingerprint density at radius 2 is 1.96 bits per heavy atom. The molecule has 6 nitrogen and oxygen atoms in total. The summed E-state index contributed by atoms with van der Waals surface area (Å²) in [5, 5.41) is 0. The van der Waals surface area contributed by atoms with Crippen molar-refractivity contribution in [1.82, 2.24) is 14.2 Å². The van der Waals surface area contributed by atoms with Crippen molar-refractivity contribution in [1.29, 1.82) is 0 Å². The van der Waals surface area contributed by atoms with E-state index in [2.05, 4.69) is 4.98 Å². The molecule has 0 aromatic carbocycles. The molecular weight excluding hydrogens is 334 g/mol. The van der Waals surface area contributed by atoms with Crippen molar-refractivity contribution in [3.8, 4) is 0 Å². The van der Waals surface area contributed by atoms with Crippen molar-refractivity contribution in [3.05, 3.63) is 41.0 Å². The Morgan fingerprint density at radius 3 is 2.52 bits per heavy atom. The van der Waals surface area contributed by atoms with Gasteiger partial charge in [0.2, 0.25) is 0 Å². The first-order valence-corrected chi connectivity index (χ1v) is 9.79. The Labute approximate surface area is 139 Å². The molecule has 124 valence electrons. The van der Waals surface area contributed by atoms with Gasteiger partial charge in [0.15, 0.2) is 0 Å². The Morgan fingerprint density at radius 1 is 1.22 bits per heavy atom. The van der Waals surface area contributed by atoms with Gasteiger partial charge in [-0.1, -0.05) is 6.92 Å². The molecule has 1 saturated heterocycles. The molecule has 0 atom stereocenters. The smallest absolute Gasteiger partial charge is 0.270 e. The summed E-state index contributed by atoms with van der Waals surface area (Å²) in [6.07, 6.45) is 2.54. The fraction of sp³-hybridized carbons (Fsp3) is 0.400. The largest absolute Gasteiger partial charge is 0.357 e. The van der Waals surface area contributed by atoms with Crippen LogP contribution < -0.4 is 0 Å². The van der Waals surface area contributed by atoms with Crippen LogP contribution in [-0.2, 0) is 16.4 Å². The molecule has 0 bridgehead atoms. The lowest BCUT2D eigenvalue weighted by atomic mass is 10.3. The highest BCUT2D eigenvalue weighted by Crippen LogP contribution is 2.26. The summed E-state index contributed by atoms with van der Waals surface area (Å²) in [5.74, 6) is -0.0866. The predicted octanol–water partition coefficient (Wildman–Crippen LogP) is 1.79. The van der Waals surface area contributed by atoms with Crippen LogP contribution in [0.3, 0.4) is 0 Å². The second kappa shape index (κ2) is 6.46. The summed E-state index contributed by atoms with van der Waals surface area (Å²) in [7, 11) is -3.45. The summed E-state index contributed by atoms with van der Waals surface area (Å²) < 4.78 is 27.2. The number of aromatic amines is 1. The van der Waals surface area contributed by atoms with E-state index in [1.54, 1.807) is 29.3 Å². The molecule has 8 heteroatoms. The molecule has 1 amide bonds. The molecule has 2 aromatic heterocycles. The van der Waals surface area contributed by atoms with Crippen LogP contribution in [0.15, 0.2) is 34.7 Å². The third-order valence-electron chi connectivity index (χ3n) is 3.93. The lowest BCUT2D eigenvalue weighted by Crippen LogP contribution is -2.50. The van der Waals surface area contributed by atoms with E-state index in [9.17, 15) is 13.2 Å². The zero-order valence-corrected chi connectivity index (χ0v) is 14.5. The summed E-state index contributed by atoms with van der Waals surface area (Å²) in [5.41, 5.74) is 0.534. The zero-order chi connectivity index (χ0) is 16.4. The number of H-pyrrole nitrogens is 1. The van der Waals surface area contributed by atoms with Crippen LogP contribution in [0, 0.1) is 0 Å². The molecular formula is C15H19N3O3S2. The van der Waals surface area contributed by atoms with E-state index in [1.165, 1.54) is 15.6 Å². The van der Waals surface area contributed by atoms with Gasteiger partial charge in [-0.25, -0.2) is 8.42 Å². The number of carbonyl (C=O) groups is 1. The molecule has 1 aliphatic rings. The number of rotatable bonds is 4. The van der Waals surface area contributed by atoms with Crippen molar-refractivity contribution >= 4 is 27.3 Å². The maximum atomic E-state index is 12.6. The van der Waals surface area contributed by atoms with Gasteiger partial charge < -0.3 is 9.88 Å². The Bertz CT molecular complexity index is 773. The third kappa shape index (κ3) is 3.19. The summed E-state index contributed by atoms with van der Waals surface area (Å²) in [6.45, 7) is 3.47. The van der Waals surface area contributed by atoms with Crippen LogP contribution in [0.4, 0.5) is 0 Å². The molecule has 0 unspecified atom stereocenters. The van der Waals surface area contributed by atoms with Gasteiger partial charge in [-0.2, -0.15) is 4.31 Å². The Kier molecular flexibility index (Phi) is 4.56. The van der Waals surface area contributed by atoms with Crippen molar-refractivity contribution in [3.63, 3.8) is 0 Å². The van der Waals surface area contributed by atoms with Gasteiger partial charge in [0.05, 0.1) is 0 Å². The van der Waals surface area contributed by atoms with Gasteiger partial charge in [0.25, 0.3) is 15.9 Å². The molecule has 0 saturated carbocycles. The molecule has 0 spiro atoms. The van der Waals surface area contributed by atoms with Crippen LogP contribution in [-0.4, -0.2) is 54.7 Å². The maximum Gasteiger partial charge on any atom is 0.270 e. The van der Waals surface area contributed by atoms with Crippen LogP contribution in [0.25, 0.3) is 0 Å². The SMILES string of the molecule is CCc1ccc(S(=O)(=O)N2CCN(C(=O)c3ccc[nH]3)CC2)s1. The van der Waals surface area contributed by atoms with E-state index in [0.29, 0.717) is 36.1 Å². The minimum atomic E-state index is -3.45. The van der Waals surface area contributed by atoms with E-state index >= 15 is 0 Å². The highest BCUT2D eigenvalue weighted by Gasteiger charge is 2.31.